The van der Waals surface area contributed by atoms with Crippen molar-refractivity contribution in [3.8, 4) is 0 Å². The lowest BCUT2D eigenvalue weighted by molar-refractivity contribution is -0.128. The Balaban J connectivity index is 1.65. The predicted molar refractivity (Wildman–Crippen MR) is 96.9 cm³/mol. The average molecular weight is 365 g/mol. The predicted octanol–water partition coefficient (Wildman–Crippen LogP) is 1.05. The van der Waals surface area contributed by atoms with E-state index in [1.165, 1.54) is 6.42 Å². The first kappa shape index (κ1) is 18.4. The molecule has 0 aliphatic carbocycles. The number of benzene rings is 1. The Bertz CT molecular complexity index is 727. The number of sulfonamides is 1. The van der Waals surface area contributed by atoms with Crippen molar-refractivity contribution < 1.29 is 13.2 Å². The van der Waals surface area contributed by atoms with Crippen LogP contribution in [0.15, 0.2) is 23.1 Å². The van der Waals surface area contributed by atoms with E-state index in [9.17, 15) is 13.2 Å². The molecule has 1 fully saturated rings. The minimum absolute atomic E-state index is 0.0721. The quantitative estimate of drug-likeness (QED) is 0.818. The molecule has 0 unspecified atom stereocenters. The number of carbonyl (C=O) groups is 1. The van der Waals surface area contributed by atoms with E-state index in [0.29, 0.717) is 37.0 Å². The van der Waals surface area contributed by atoms with Crippen molar-refractivity contribution in [2.45, 2.75) is 50.0 Å². The summed E-state index contributed by atoms with van der Waals surface area (Å²) in [5.41, 5.74) is 2.17. The fraction of sp³-hybridized carbons (Fsp3) is 0.611. The van der Waals surface area contributed by atoms with Crippen molar-refractivity contribution >= 4 is 15.9 Å². The van der Waals surface area contributed by atoms with Crippen LogP contribution in [0, 0.1) is 0 Å². The molecule has 2 aliphatic heterocycles. The summed E-state index contributed by atoms with van der Waals surface area (Å²) in [7, 11) is -3.49. The van der Waals surface area contributed by atoms with Gasteiger partial charge < -0.3 is 10.2 Å². The highest BCUT2D eigenvalue weighted by molar-refractivity contribution is 7.89. The van der Waals surface area contributed by atoms with Crippen LogP contribution in [0.25, 0.3) is 0 Å². The van der Waals surface area contributed by atoms with Crippen molar-refractivity contribution in [1.29, 1.82) is 0 Å². The Morgan fingerprint density at radius 1 is 1.28 bits per heavy atom. The van der Waals surface area contributed by atoms with Crippen LogP contribution < -0.4 is 10.0 Å². The van der Waals surface area contributed by atoms with Crippen molar-refractivity contribution in [1.82, 2.24) is 14.9 Å². The van der Waals surface area contributed by atoms with E-state index in [1.54, 1.807) is 19.1 Å². The summed E-state index contributed by atoms with van der Waals surface area (Å²) in [6.07, 6.45) is 4.57. The molecule has 0 saturated carbocycles. The number of nitrogens with zero attached hydrogens (tertiary/aromatic N) is 1. The van der Waals surface area contributed by atoms with Crippen molar-refractivity contribution in [3.05, 3.63) is 29.3 Å². The number of carbonyl (C=O) groups excluding carboxylic acids is 1. The van der Waals surface area contributed by atoms with Crippen LogP contribution in [0.3, 0.4) is 0 Å². The van der Waals surface area contributed by atoms with Crippen molar-refractivity contribution in [3.63, 3.8) is 0 Å². The second-order valence-corrected chi connectivity index (χ2v) is 8.68. The van der Waals surface area contributed by atoms with Gasteiger partial charge in [-0.05, 0) is 61.9 Å². The Morgan fingerprint density at radius 3 is 2.72 bits per heavy atom. The smallest absolute Gasteiger partial charge is 0.240 e. The molecule has 1 atom stereocenters. The summed E-state index contributed by atoms with van der Waals surface area (Å²) in [5.74, 6) is 0.0721. The van der Waals surface area contributed by atoms with Gasteiger partial charge in [-0.15, -0.1) is 0 Å². The number of hydrogen-bond acceptors (Lipinski definition) is 4. The lowest BCUT2D eigenvalue weighted by atomic mass is 10.0. The molecule has 1 aromatic rings. The molecular formula is C18H27N3O3S. The van der Waals surface area contributed by atoms with Gasteiger partial charge in [0.25, 0.3) is 0 Å². The van der Waals surface area contributed by atoms with Crippen LogP contribution in [0.1, 0.15) is 37.3 Å². The lowest BCUT2D eigenvalue weighted by Gasteiger charge is -2.17. The van der Waals surface area contributed by atoms with E-state index in [2.05, 4.69) is 10.0 Å². The molecule has 2 N–H and O–H groups in total. The Labute approximate surface area is 150 Å². The molecule has 1 amide bonds. The van der Waals surface area contributed by atoms with Gasteiger partial charge in [0, 0.05) is 32.6 Å². The minimum atomic E-state index is -3.49. The normalized spacial score (nSPS) is 21.0. The van der Waals surface area contributed by atoms with Crippen molar-refractivity contribution in [2.24, 2.45) is 0 Å². The third-order valence-corrected chi connectivity index (χ3v) is 6.64. The molecule has 0 spiro atoms. The molecule has 7 heteroatoms. The summed E-state index contributed by atoms with van der Waals surface area (Å²) in [6, 6.07) is 5.77. The van der Waals surface area contributed by atoms with Gasteiger partial charge in [0.2, 0.25) is 15.9 Å². The van der Waals surface area contributed by atoms with E-state index in [4.69, 9.17) is 0 Å². The molecule has 6 nitrogen and oxygen atoms in total. The van der Waals surface area contributed by atoms with Gasteiger partial charge in [-0.3, -0.25) is 4.79 Å². The highest BCUT2D eigenvalue weighted by Crippen LogP contribution is 2.20. The number of hydrogen-bond donors (Lipinski definition) is 2. The number of fused-ring (bicyclic) bond motifs is 1. The molecular weight excluding hydrogens is 338 g/mol. The zero-order valence-electron chi connectivity index (χ0n) is 14.8. The maximum atomic E-state index is 12.6. The molecule has 138 valence electrons. The Morgan fingerprint density at radius 2 is 2.04 bits per heavy atom. The number of nitrogens with one attached hydrogen (secondary N) is 2. The average Bonchev–Trinajstić information content (AvgIpc) is 2.99. The van der Waals surface area contributed by atoms with Gasteiger partial charge in [0.15, 0.2) is 0 Å². The second kappa shape index (κ2) is 7.85. The summed E-state index contributed by atoms with van der Waals surface area (Å²) < 4.78 is 27.8. The van der Waals surface area contributed by atoms with E-state index in [1.807, 2.05) is 11.0 Å². The maximum absolute atomic E-state index is 12.6. The van der Waals surface area contributed by atoms with Crippen LogP contribution in [0.5, 0.6) is 0 Å². The third kappa shape index (κ3) is 4.59. The Kier molecular flexibility index (Phi) is 5.76. The van der Waals surface area contributed by atoms with E-state index in [-0.39, 0.29) is 5.91 Å². The van der Waals surface area contributed by atoms with Crippen LogP contribution in [-0.4, -0.2) is 51.4 Å². The number of rotatable bonds is 5. The molecule has 0 bridgehead atoms. The highest BCUT2D eigenvalue weighted by Gasteiger charge is 2.20. The first-order valence-corrected chi connectivity index (χ1v) is 10.5. The SMILES string of the molecule is CC(=O)N1CCc2ccc(S(=O)(=O)NCC[C@H]3CCCN3)cc2CC1. The van der Waals surface area contributed by atoms with Gasteiger partial charge in [0.1, 0.15) is 0 Å². The Hall–Kier alpha value is -1.44. The fourth-order valence-corrected chi connectivity index (χ4v) is 4.74. The van der Waals surface area contributed by atoms with Crippen LogP contribution in [0.2, 0.25) is 0 Å². The molecule has 3 rings (SSSR count). The molecule has 2 heterocycles. The molecule has 2 aliphatic rings. The zero-order chi connectivity index (χ0) is 17.9. The van der Waals surface area contributed by atoms with Gasteiger partial charge >= 0.3 is 0 Å². The largest absolute Gasteiger partial charge is 0.342 e. The van der Waals surface area contributed by atoms with E-state index in [0.717, 1.165) is 36.9 Å². The van der Waals surface area contributed by atoms with Gasteiger partial charge in [0.05, 0.1) is 4.90 Å². The molecule has 25 heavy (non-hydrogen) atoms. The zero-order valence-corrected chi connectivity index (χ0v) is 15.6. The van der Waals surface area contributed by atoms with Crippen LogP contribution in [0.4, 0.5) is 0 Å². The van der Waals surface area contributed by atoms with Gasteiger partial charge in [-0.25, -0.2) is 13.1 Å². The first-order chi connectivity index (χ1) is 12.0. The molecule has 1 saturated heterocycles. The van der Waals surface area contributed by atoms with Crippen molar-refractivity contribution in [2.75, 3.05) is 26.2 Å². The summed E-state index contributed by atoms with van der Waals surface area (Å²) in [5, 5.41) is 3.38. The standard InChI is InChI=1S/C18H27N3O3S/c1-14(22)21-11-7-15-4-5-18(13-16(15)8-12-21)25(23,24)20-10-6-17-3-2-9-19-17/h4-5,13,17,19-20H,2-3,6-12H2,1H3/t17-/m1/s1. The highest BCUT2D eigenvalue weighted by atomic mass is 32.2. The summed E-state index contributed by atoms with van der Waals surface area (Å²) in [6.45, 7) is 4.40. The first-order valence-electron chi connectivity index (χ1n) is 9.06. The van der Waals surface area contributed by atoms with Crippen LogP contribution >= 0.6 is 0 Å². The number of amides is 1. The van der Waals surface area contributed by atoms with Crippen LogP contribution in [-0.2, 0) is 27.7 Å². The third-order valence-electron chi connectivity index (χ3n) is 5.18. The summed E-state index contributed by atoms with van der Waals surface area (Å²) in [4.78, 5) is 13.7. The van der Waals surface area contributed by atoms with E-state index >= 15 is 0 Å². The van der Waals surface area contributed by atoms with Gasteiger partial charge in [-0.1, -0.05) is 6.07 Å². The van der Waals surface area contributed by atoms with E-state index < -0.39 is 10.0 Å². The molecule has 1 aromatic carbocycles. The summed E-state index contributed by atoms with van der Waals surface area (Å²) >= 11 is 0. The topological polar surface area (TPSA) is 78.5 Å². The fourth-order valence-electron chi connectivity index (χ4n) is 3.64. The van der Waals surface area contributed by atoms with Gasteiger partial charge in [-0.2, -0.15) is 0 Å². The molecule has 0 aromatic heterocycles. The molecule has 0 radical (unpaired) electrons. The second-order valence-electron chi connectivity index (χ2n) is 6.92. The maximum Gasteiger partial charge on any atom is 0.240 e. The lowest BCUT2D eigenvalue weighted by Crippen LogP contribution is -2.31. The monoisotopic (exact) mass is 365 g/mol. The minimum Gasteiger partial charge on any atom is -0.342 e.